The molecular formula is C28H42N6O4. The van der Waals surface area contributed by atoms with Crippen LogP contribution in [0.25, 0.3) is 11.4 Å². The largest absolute Gasteiger partial charge is 0.385 e. The van der Waals surface area contributed by atoms with E-state index < -0.39 is 0 Å². The molecule has 38 heavy (non-hydrogen) atoms. The van der Waals surface area contributed by atoms with E-state index in [1.165, 1.54) is 0 Å². The number of aromatic nitrogens is 3. The number of carbonyl (C=O) groups excluding carboxylic acids is 2. The summed E-state index contributed by atoms with van der Waals surface area (Å²) >= 11 is 0. The number of hydrogen-bond donors (Lipinski definition) is 1. The van der Waals surface area contributed by atoms with Crippen molar-refractivity contribution >= 4 is 11.8 Å². The van der Waals surface area contributed by atoms with Crippen molar-refractivity contribution in [2.45, 2.75) is 45.7 Å². The maximum absolute atomic E-state index is 14.2. The number of rotatable bonds is 11. The highest BCUT2D eigenvalue weighted by atomic mass is 16.5. The number of nitrogens with zero attached hydrogens (tertiary/aromatic N) is 5. The first-order valence-corrected chi connectivity index (χ1v) is 13.8. The van der Waals surface area contributed by atoms with Crippen LogP contribution in [-0.2, 0) is 20.8 Å². The van der Waals surface area contributed by atoms with E-state index in [0.717, 1.165) is 18.4 Å². The number of morpholine rings is 1. The Labute approximate surface area is 225 Å². The Morgan fingerprint density at radius 1 is 1.13 bits per heavy atom. The van der Waals surface area contributed by atoms with Crippen LogP contribution in [0.2, 0.25) is 0 Å². The van der Waals surface area contributed by atoms with Gasteiger partial charge in [-0.3, -0.25) is 9.59 Å². The summed E-state index contributed by atoms with van der Waals surface area (Å²) in [6.45, 7) is 9.79. The number of unbranched alkanes of at least 4 members (excludes halogenated alkanes) is 1. The van der Waals surface area contributed by atoms with Gasteiger partial charge in [-0.25, -0.2) is 0 Å². The Balaban J connectivity index is 1.58. The van der Waals surface area contributed by atoms with Gasteiger partial charge in [-0.15, -0.1) is 10.2 Å². The third kappa shape index (κ3) is 6.98. The molecule has 0 unspecified atom stereocenters. The van der Waals surface area contributed by atoms with Crippen molar-refractivity contribution < 1.29 is 19.1 Å². The Bertz CT molecular complexity index is 1040. The highest BCUT2D eigenvalue weighted by Crippen LogP contribution is 2.24. The molecule has 2 aliphatic heterocycles. The fourth-order valence-electron chi connectivity index (χ4n) is 5.30. The number of methoxy groups -OCH3 is 1. The molecule has 2 amide bonds. The molecule has 2 saturated heterocycles. The van der Waals surface area contributed by atoms with E-state index in [0.29, 0.717) is 77.2 Å². The second kappa shape index (κ2) is 13.8. The Morgan fingerprint density at radius 3 is 2.61 bits per heavy atom. The lowest BCUT2D eigenvalue weighted by atomic mass is 9.92. The summed E-state index contributed by atoms with van der Waals surface area (Å²) < 4.78 is 12.6. The summed E-state index contributed by atoms with van der Waals surface area (Å²) in [5.74, 6) is 1.16. The van der Waals surface area contributed by atoms with Gasteiger partial charge in [-0.05, 0) is 25.2 Å². The van der Waals surface area contributed by atoms with Gasteiger partial charge in [0.05, 0.1) is 19.1 Å². The predicted octanol–water partition coefficient (Wildman–Crippen LogP) is 2.31. The molecule has 1 aromatic carbocycles. The molecule has 0 radical (unpaired) electrons. The van der Waals surface area contributed by atoms with E-state index in [-0.39, 0.29) is 29.7 Å². The summed E-state index contributed by atoms with van der Waals surface area (Å²) in [5.41, 5.74) is 0.928. The van der Waals surface area contributed by atoms with Crippen molar-refractivity contribution in [3.63, 3.8) is 0 Å². The molecule has 10 heteroatoms. The lowest BCUT2D eigenvalue weighted by Gasteiger charge is -2.40. The molecule has 3 heterocycles. The van der Waals surface area contributed by atoms with E-state index >= 15 is 0 Å². The van der Waals surface area contributed by atoms with Crippen molar-refractivity contribution in [1.82, 2.24) is 29.9 Å². The van der Waals surface area contributed by atoms with E-state index in [1.807, 2.05) is 44.7 Å². The SMILES string of the molecule is COCCCCn1c(C(=O)N(CC(C)C)[C@@H]2CNC[C@H](C(=O)N3CCOCC3)C2)nnc1-c1ccccc1. The van der Waals surface area contributed by atoms with Gasteiger partial charge < -0.3 is 29.2 Å². The maximum atomic E-state index is 14.2. The van der Waals surface area contributed by atoms with Crippen LogP contribution in [0.4, 0.5) is 0 Å². The van der Waals surface area contributed by atoms with Crippen molar-refractivity contribution in [1.29, 1.82) is 0 Å². The Kier molecular flexibility index (Phi) is 10.3. The lowest BCUT2D eigenvalue weighted by Crippen LogP contribution is -2.56. The predicted molar refractivity (Wildman–Crippen MR) is 145 cm³/mol. The van der Waals surface area contributed by atoms with Crippen molar-refractivity contribution in [2.24, 2.45) is 11.8 Å². The molecule has 0 saturated carbocycles. The average molecular weight is 527 g/mol. The number of carbonyl (C=O) groups is 2. The Hall–Kier alpha value is -2.82. The highest BCUT2D eigenvalue weighted by Gasteiger charge is 2.37. The van der Waals surface area contributed by atoms with Crippen molar-refractivity contribution in [3.8, 4) is 11.4 Å². The van der Waals surface area contributed by atoms with Gasteiger partial charge in [-0.2, -0.15) is 0 Å². The molecular weight excluding hydrogens is 484 g/mol. The van der Waals surface area contributed by atoms with Gasteiger partial charge in [0, 0.05) is 64.6 Å². The first-order chi connectivity index (χ1) is 18.5. The van der Waals surface area contributed by atoms with Crippen LogP contribution in [-0.4, -0.2) is 102 Å². The molecule has 0 spiro atoms. The number of benzene rings is 1. The summed E-state index contributed by atoms with van der Waals surface area (Å²) in [6, 6.07) is 9.76. The number of ether oxygens (including phenoxy) is 2. The summed E-state index contributed by atoms with van der Waals surface area (Å²) in [7, 11) is 1.70. The van der Waals surface area contributed by atoms with Crippen LogP contribution >= 0.6 is 0 Å². The second-order valence-corrected chi connectivity index (χ2v) is 10.6. The summed E-state index contributed by atoms with van der Waals surface area (Å²) in [4.78, 5) is 31.2. The van der Waals surface area contributed by atoms with Crippen LogP contribution in [0.15, 0.2) is 30.3 Å². The van der Waals surface area contributed by atoms with E-state index in [9.17, 15) is 9.59 Å². The molecule has 0 aliphatic carbocycles. The molecule has 2 aromatic rings. The quantitative estimate of drug-likeness (QED) is 0.449. The third-order valence-electron chi connectivity index (χ3n) is 7.22. The highest BCUT2D eigenvalue weighted by molar-refractivity contribution is 5.91. The summed E-state index contributed by atoms with van der Waals surface area (Å²) in [5, 5.41) is 12.3. The third-order valence-corrected chi connectivity index (χ3v) is 7.22. The number of nitrogens with one attached hydrogen (secondary N) is 1. The minimum atomic E-state index is -0.166. The molecule has 2 atom stereocenters. The van der Waals surface area contributed by atoms with Gasteiger partial charge in [0.25, 0.3) is 5.91 Å². The molecule has 2 fully saturated rings. The zero-order chi connectivity index (χ0) is 26.9. The number of hydrogen-bond acceptors (Lipinski definition) is 7. The maximum Gasteiger partial charge on any atom is 0.292 e. The van der Waals surface area contributed by atoms with Gasteiger partial charge in [0.15, 0.2) is 5.82 Å². The number of amides is 2. The van der Waals surface area contributed by atoms with Gasteiger partial charge in [-0.1, -0.05) is 44.2 Å². The molecule has 4 rings (SSSR count). The van der Waals surface area contributed by atoms with Gasteiger partial charge >= 0.3 is 0 Å². The topological polar surface area (TPSA) is 102 Å². The van der Waals surface area contributed by atoms with E-state index in [2.05, 4.69) is 29.4 Å². The van der Waals surface area contributed by atoms with Crippen molar-refractivity contribution in [3.05, 3.63) is 36.2 Å². The monoisotopic (exact) mass is 526 g/mol. The minimum Gasteiger partial charge on any atom is -0.385 e. The van der Waals surface area contributed by atoms with Gasteiger partial charge in [0.1, 0.15) is 0 Å². The smallest absolute Gasteiger partial charge is 0.292 e. The lowest BCUT2D eigenvalue weighted by molar-refractivity contribution is -0.140. The van der Waals surface area contributed by atoms with Crippen LogP contribution in [0.3, 0.4) is 0 Å². The first-order valence-electron chi connectivity index (χ1n) is 13.8. The zero-order valence-corrected chi connectivity index (χ0v) is 23.0. The van der Waals surface area contributed by atoms with E-state index in [4.69, 9.17) is 9.47 Å². The first kappa shape index (κ1) is 28.2. The molecule has 1 N–H and O–H groups in total. The Morgan fingerprint density at radius 2 is 1.89 bits per heavy atom. The van der Waals surface area contributed by atoms with Crippen molar-refractivity contribution in [2.75, 3.05) is 59.7 Å². The van der Waals surface area contributed by atoms with Crippen LogP contribution in [0, 0.1) is 11.8 Å². The normalized spacial score (nSPS) is 20.1. The standard InChI is InChI=1S/C28H42N6O4/c1-21(2)20-34(24-17-23(18-29-19-24)27(35)32-12-15-38-16-13-32)28(36)26-31-30-25(22-9-5-4-6-10-22)33(26)11-7-8-14-37-3/h4-6,9-10,21,23-24,29H,7-8,11-20H2,1-3H3/t23-,24+/m1/s1. The average Bonchev–Trinajstić information content (AvgIpc) is 3.38. The van der Waals surface area contributed by atoms with Crippen LogP contribution < -0.4 is 5.32 Å². The summed E-state index contributed by atoms with van der Waals surface area (Å²) in [6.07, 6.45) is 2.36. The van der Waals surface area contributed by atoms with Gasteiger partial charge in [0.2, 0.25) is 11.7 Å². The molecule has 0 bridgehead atoms. The molecule has 2 aliphatic rings. The fourth-order valence-corrected chi connectivity index (χ4v) is 5.30. The molecule has 208 valence electrons. The zero-order valence-electron chi connectivity index (χ0n) is 23.0. The minimum absolute atomic E-state index is 0.104. The van der Waals surface area contributed by atoms with Crippen LogP contribution in [0.5, 0.6) is 0 Å². The van der Waals surface area contributed by atoms with Crippen LogP contribution in [0.1, 0.15) is 43.7 Å². The molecule has 1 aromatic heterocycles. The second-order valence-electron chi connectivity index (χ2n) is 10.6. The molecule has 10 nitrogen and oxygen atoms in total. The number of piperidine rings is 1. The van der Waals surface area contributed by atoms with E-state index in [1.54, 1.807) is 7.11 Å². The fraction of sp³-hybridized carbons (Fsp3) is 0.643.